The number of hydrogen-bond acceptors (Lipinski definition) is 4. The van der Waals surface area contributed by atoms with Gasteiger partial charge in [-0.25, -0.2) is 0 Å². The molecule has 0 saturated carbocycles. The first-order chi connectivity index (χ1) is 10.9. The van der Waals surface area contributed by atoms with Crippen LogP contribution < -0.4 is 5.73 Å². The molecule has 130 valence electrons. The van der Waals surface area contributed by atoms with Crippen molar-refractivity contribution in [1.29, 1.82) is 0 Å². The van der Waals surface area contributed by atoms with Gasteiger partial charge in [-0.2, -0.15) is 0 Å². The zero-order chi connectivity index (χ0) is 17.0. The van der Waals surface area contributed by atoms with E-state index in [-0.39, 0.29) is 18.4 Å². The Hall–Kier alpha value is -1.20. The van der Waals surface area contributed by atoms with E-state index in [2.05, 4.69) is 0 Å². The Bertz CT molecular complexity index is 690. The van der Waals surface area contributed by atoms with Crippen LogP contribution in [0.2, 0.25) is 5.02 Å². The summed E-state index contributed by atoms with van der Waals surface area (Å²) < 4.78 is 4.89. The Labute approximate surface area is 158 Å². The molecule has 0 amide bonds. The summed E-state index contributed by atoms with van der Waals surface area (Å²) in [5, 5.41) is 0.700. The number of esters is 1. The van der Waals surface area contributed by atoms with E-state index in [1.165, 1.54) is 7.11 Å². The van der Waals surface area contributed by atoms with Gasteiger partial charge in [0.05, 0.1) is 12.5 Å². The second-order valence-electron chi connectivity index (χ2n) is 5.78. The minimum atomic E-state index is -0.814. The van der Waals surface area contributed by atoms with Gasteiger partial charge in [-0.05, 0) is 49.7 Å². The molecule has 0 aliphatic carbocycles. The second kappa shape index (κ2) is 8.77. The predicted octanol–water partition coefficient (Wildman–Crippen LogP) is 5.11. The van der Waals surface area contributed by atoms with Gasteiger partial charge in [-0.3, -0.25) is 4.79 Å². The summed E-state index contributed by atoms with van der Waals surface area (Å²) in [6.45, 7) is 3.60. The first-order valence-electron chi connectivity index (χ1n) is 7.22. The minimum Gasteiger partial charge on any atom is -0.469 e. The van der Waals surface area contributed by atoms with E-state index in [1.807, 2.05) is 48.5 Å². The zero-order valence-corrected chi connectivity index (χ0v) is 16.2. The molecular formula is C18H21Cl2NO2S. The Morgan fingerprint density at radius 2 is 1.75 bits per heavy atom. The summed E-state index contributed by atoms with van der Waals surface area (Å²) in [5.74, 6) is -0.323. The van der Waals surface area contributed by atoms with Crippen LogP contribution in [0, 0.1) is 5.41 Å². The lowest BCUT2D eigenvalue weighted by molar-refractivity contribution is -0.152. The first-order valence-corrected chi connectivity index (χ1v) is 8.42. The molecule has 24 heavy (non-hydrogen) atoms. The smallest absolute Gasteiger partial charge is 0.313 e. The molecule has 0 aromatic heterocycles. The summed E-state index contributed by atoms with van der Waals surface area (Å²) in [5.41, 5.74) is 6.50. The molecule has 0 radical (unpaired) electrons. The number of carbonyl (C=O) groups excluding carboxylic acids is 1. The standard InChI is InChI=1S/C18H20ClNO2S.ClH/c1-18(2,17(21)22-3)16(20)14-6-4-5-7-15(14)23-13-10-8-12(19)9-11-13;/h4-11,16H,20H2,1-3H3;1H/t16-;/m0./s1. The number of benzene rings is 2. The molecule has 3 nitrogen and oxygen atoms in total. The van der Waals surface area contributed by atoms with Crippen molar-refractivity contribution in [2.24, 2.45) is 11.1 Å². The fraction of sp³-hybridized carbons (Fsp3) is 0.278. The summed E-state index contributed by atoms with van der Waals surface area (Å²) in [7, 11) is 1.38. The van der Waals surface area contributed by atoms with Crippen LogP contribution in [-0.4, -0.2) is 13.1 Å². The SMILES string of the molecule is COC(=O)C(C)(C)[C@@H](N)c1ccccc1Sc1ccc(Cl)cc1.Cl. The van der Waals surface area contributed by atoms with Gasteiger partial charge in [0.25, 0.3) is 0 Å². The maximum absolute atomic E-state index is 12.0. The quantitative estimate of drug-likeness (QED) is 0.726. The van der Waals surface area contributed by atoms with Gasteiger partial charge in [0.15, 0.2) is 0 Å². The fourth-order valence-electron chi connectivity index (χ4n) is 2.24. The molecule has 1 atom stereocenters. The predicted molar refractivity (Wildman–Crippen MR) is 102 cm³/mol. The van der Waals surface area contributed by atoms with Crippen molar-refractivity contribution in [3.05, 3.63) is 59.1 Å². The summed E-state index contributed by atoms with van der Waals surface area (Å²) in [4.78, 5) is 14.1. The van der Waals surface area contributed by atoms with Crippen LogP contribution in [0.4, 0.5) is 0 Å². The molecule has 2 aromatic carbocycles. The molecule has 2 rings (SSSR count). The summed E-state index contributed by atoms with van der Waals surface area (Å²) in [6.07, 6.45) is 0. The largest absolute Gasteiger partial charge is 0.469 e. The third-order valence-electron chi connectivity index (χ3n) is 3.78. The van der Waals surface area contributed by atoms with E-state index >= 15 is 0 Å². The van der Waals surface area contributed by atoms with Crippen molar-refractivity contribution in [1.82, 2.24) is 0 Å². The monoisotopic (exact) mass is 385 g/mol. The highest BCUT2D eigenvalue weighted by molar-refractivity contribution is 7.99. The topological polar surface area (TPSA) is 52.3 Å². The summed E-state index contributed by atoms with van der Waals surface area (Å²) in [6, 6.07) is 15.0. The van der Waals surface area contributed by atoms with E-state index in [4.69, 9.17) is 22.1 Å². The van der Waals surface area contributed by atoms with Crippen LogP contribution in [0.15, 0.2) is 58.3 Å². The van der Waals surface area contributed by atoms with Crippen molar-refractivity contribution in [3.8, 4) is 0 Å². The number of halogens is 2. The highest BCUT2D eigenvalue weighted by atomic mass is 35.5. The van der Waals surface area contributed by atoms with Crippen LogP contribution in [0.1, 0.15) is 25.5 Å². The van der Waals surface area contributed by atoms with Crippen molar-refractivity contribution in [2.45, 2.75) is 29.7 Å². The molecule has 0 spiro atoms. The average Bonchev–Trinajstić information content (AvgIpc) is 2.56. The Morgan fingerprint density at radius 3 is 2.33 bits per heavy atom. The van der Waals surface area contributed by atoms with Crippen molar-refractivity contribution < 1.29 is 9.53 Å². The van der Waals surface area contributed by atoms with E-state index in [9.17, 15) is 4.79 Å². The molecule has 6 heteroatoms. The molecule has 0 unspecified atom stereocenters. The molecule has 0 bridgehead atoms. The maximum Gasteiger partial charge on any atom is 0.313 e. The van der Waals surface area contributed by atoms with E-state index < -0.39 is 11.5 Å². The van der Waals surface area contributed by atoms with Gasteiger partial charge in [-0.1, -0.05) is 41.6 Å². The van der Waals surface area contributed by atoms with Crippen LogP contribution in [-0.2, 0) is 9.53 Å². The molecule has 0 heterocycles. The van der Waals surface area contributed by atoms with Crippen LogP contribution >= 0.6 is 35.8 Å². The van der Waals surface area contributed by atoms with Gasteiger partial charge < -0.3 is 10.5 Å². The lowest BCUT2D eigenvalue weighted by Crippen LogP contribution is -2.37. The Balaban J connectivity index is 0.00000288. The normalized spacial score (nSPS) is 12.2. The van der Waals surface area contributed by atoms with Crippen LogP contribution in [0.25, 0.3) is 0 Å². The molecule has 2 N–H and O–H groups in total. The number of methoxy groups -OCH3 is 1. The lowest BCUT2D eigenvalue weighted by atomic mass is 9.81. The van der Waals surface area contributed by atoms with Gasteiger partial charge in [0, 0.05) is 20.9 Å². The molecule has 2 aromatic rings. The number of carbonyl (C=O) groups is 1. The zero-order valence-electron chi connectivity index (χ0n) is 13.8. The van der Waals surface area contributed by atoms with Crippen molar-refractivity contribution in [2.75, 3.05) is 7.11 Å². The first kappa shape index (κ1) is 20.8. The van der Waals surface area contributed by atoms with Crippen molar-refractivity contribution >= 4 is 41.7 Å². The highest BCUT2D eigenvalue weighted by Crippen LogP contribution is 2.39. The molecule has 0 aliphatic rings. The van der Waals surface area contributed by atoms with Gasteiger partial charge in [0.1, 0.15) is 0 Å². The molecule has 0 saturated heterocycles. The fourth-order valence-corrected chi connectivity index (χ4v) is 3.35. The molecular weight excluding hydrogens is 365 g/mol. The Kier molecular flexibility index (Phi) is 7.61. The van der Waals surface area contributed by atoms with Crippen LogP contribution in [0.5, 0.6) is 0 Å². The Morgan fingerprint density at radius 1 is 1.17 bits per heavy atom. The third kappa shape index (κ3) is 4.67. The lowest BCUT2D eigenvalue weighted by Gasteiger charge is -2.30. The number of hydrogen-bond donors (Lipinski definition) is 1. The van der Waals surface area contributed by atoms with E-state index in [0.29, 0.717) is 5.02 Å². The third-order valence-corrected chi connectivity index (χ3v) is 5.14. The van der Waals surface area contributed by atoms with Crippen LogP contribution in [0.3, 0.4) is 0 Å². The average molecular weight is 386 g/mol. The number of ether oxygens (including phenoxy) is 1. The van der Waals surface area contributed by atoms with Gasteiger partial charge in [-0.15, -0.1) is 12.4 Å². The second-order valence-corrected chi connectivity index (χ2v) is 7.34. The maximum atomic E-state index is 12.0. The number of rotatable bonds is 5. The highest BCUT2D eigenvalue weighted by Gasteiger charge is 2.37. The molecule has 0 fully saturated rings. The number of nitrogens with two attached hydrogens (primary N) is 1. The van der Waals surface area contributed by atoms with E-state index in [0.717, 1.165) is 15.4 Å². The van der Waals surface area contributed by atoms with Gasteiger partial charge >= 0.3 is 5.97 Å². The van der Waals surface area contributed by atoms with E-state index in [1.54, 1.807) is 25.6 Å². The van der Waals surface area contributed by atoms with Gasteiger partial charge in [0.2, 0.25) is 0 Å². The molecule has 0 aliphatic heterocycles. The minimum absolute atomic E-state index is 0. The summed E-state index contributed by atoms with van der Waals surface area (Å²) >= 11 is 7.52. The van der Waals surface area contributed by atoms with Crippen molar-refractivity contribution in [3.63, 3.8) is 0 Å².